The van der Waals surface area contributed by atoms with Gasteiger partial charge in [-0.3, -0.25) is 0 Å². The topological polar surface area (TPSA) is 72.2 Å². The summed E-state index contributed by atoms with van der Waals surface area (Å²) < 4.78 is 23.5. The highest BCUT2D eigenvalue weighted by Gasteiger charge is 2.10. The van der Waals surface area contributed by atoms with E-state index in [2.05, 4.69) is 9.72 Å². The predicted octanol–water partition coefficient (Wildman–Crippen LogP) is 2.67. The van der Waals surface area contributed by atoms with Crippen molar-refractivity contribution in [1.82, 2.24) is 4.98 Å². The molecule has 0 bridgehead atoms. The molecule has 0 N–H and O–H groups in total. The maximum atomic E-state index is 13.7. The minimum Gasteiger partial charge on any atom is -0.465 e. The molecule has 0 aliphatic heterocycles. The van der Waals surface area contributed by atoms with Crippen molar-refractivity contribution >= 4 is 5.97 Å². The number of rotatable bonds is 3. The van der Waals surface area contributed by atoms with Gasteiger partial charge in [0.15, 0.2) is 11.6 Å². The number of methoxy groups -OCH3 is 1. The summed E-state index contributed by atoms with van der Waals surface area (Å²) in [4.78, 5) is 15.2. The largest absolute Gasteiger partial charge is 0.465 e. The van der Waals surface area contributed by atoms with Crippen molar-refractivity contribution in [1.29, 1.82) is 5.26 Å². The van der Waals surface area contributed by atoms with Crippen LogP contribution >= 0.6 is 0 Å². The highest BCUT2D eigenvalue weighted by molar-refractivity contribution is 5.89. The van der Waals surface area contributed by atoms with E-state index in [9.17, 15) is 9.18 Å². The third-order valence-electron chi connectivity index (χ3n) is 2.43. The Labute approximate surface area is 114 Å². The smallest absolute Gasteiger partial charge is 0.338 e. The average molecular weight is 272 g/mol. The van der Waals surface area contributed by atoms with Gasteiger partial charge in [-0.2, -0.15) is 5.26 Å². The van der Waals surface area contributed by atoms with Crippen LogP contribution in [-0.2, 0) is 4.74 Å². The molecule has 20 heavy (non-hydrogen) atoms. The predicted molar refractivity (Wildman–Crippen MR) is 66.8 cm³/mol. The quantitative estimate of drug-likeness (QED) is 0.803. The highest BCUT2D eigenvalue weighted by atomic mass is 19.1. The SMILES string of the molecule is COC(=O)c1ccnc(Oc2ccc(C#N)cc2F)c1. The fourth-order valence-electron chi connectivity index (χ4n) is 1.48. The van der Waals surface area contributed by atoms with Crippen LogP contribution in [0.1, 0.15) is 15.9 Å². The normalized spacial score (nSPS) is 9.65. The molecule has 1 aromatic heterocycles. The van der Waals surface area contributed by atoms with E-state index in [1.807, 2.05) is 6.07 Å². The summed E-state index contributed by atoms with van der Waals surface area (Å²) in [6, 6.07) is 8.40. The summed E-state index contributed by atoms with van der Waals surface area (Å²) in [5, 5.41) is 8.65. The molecule has 1 aromatic carbocycles. The molecule has 0 amide bonds. The van der Waals surface area contributed by atoms with Gasteiger partial charge in [0.05, 0.1) is 24.3 Å². The van der Waals surface area contributed by atoms with Gasteiger partial charge >= 0.3 is 5.97 Å². The molecule has 0 saturated carbocycles. The number of ether oxygens (including phenoxy) is 2. The van der Waals surface area contributed by atoms with Crippen molar-refractivity contribution in [3.8, 4) is 17.7 Å². The fraction of sp³-hybridized carbons (Fsp3) is 0.0714. The second kappa shape index (κ2) is 5.80. The second-order valence-corrected chi connectivity index (χ2v) is 3.73. The molecule has 2 aromatic rings. The molecular formula is C14H9FN2O3. The van der Waals surface area contributed by atoms with Crippen LogP contribution in [0.5, 0.6) is 11.6 Å². The molecule has 100 valence electrons. The molecule has 6 heteroatoms. The number of carbonyl (C=O) groups excluding carboxylic acids is 1. The van der Waals surface area contributed by atoms with E-state index in [0.29, 0.717) is 0 Å². The van der Waals surface area contributed by atoms with E-state index in [1.54, 1.807) is 0 Å². The summed E-state index contributed by atoms with van der Waals surface area (Å²) in [7, 11) is 1.25. The fourth-order valence-corrected chi connectivity index (χ4v) is 1.48. The number of esters is 1. The van der Waals surface area contributed by atoms with Crippen LogP contribution in [0.4, 0.5) is 4.39 Å². The molecular weight excluding hydrogens is 263 g/mol. The van der Waals surface area contributed by atoms with E-state index in [-0.39, 0.29) is 22.8 Å². The van der Waals surface area contributed by atoms with Gasteiger partial charge in [-0.05, 0) is 24.3 Å². The van der Waals surface area contributed by atoms with Gasteiger partial charge in [0, 0.05) is 12.3 Å². The Hall–Kier alpha value is -2.94. The molecule has 0 spiro atoms. The van der Waals surface area contributed by atoms with E-state index in [0.717, 1.165) is 6.07 Å². The minimum absolute atomic E-state index is 0.0523. The lowest BCUT2D eigenvalue weighted by Crippen LogP contribution is -2.02. The summed E-state index contributed by atoms with van der Waals surface area (Å²) in [6.45, 7) is 0. The summed E-state index contributed by atoms with van der Waals surface area (Å²) in [5.74, 6) is -1.26. The lowest BCUT2D eigenvalue weighted by molar-refractivity contribution is 0.0600. The molecule has 0 radical (unpaired) electrons. The van der Waals surface area contributed by atoms with Crippen LogP contribution in [0.15, 0.2) is 36.5 Å². The van der Waals surface area contributed by atoms with Crippen LogP contribution in [0.2, 0.25) is 0 Å². The Morgan fingerprint density at radius 3 is 2.80 bits per heavy atom. The molecule has 0 atom stereocenters. The third-order valence-corrected chi connectivity index (χ3v) is 2.43. The Morgan fingerprint density at radius 1 is 1.35 bits per heavy atom. The first-order chi connectivity index (χ1) is 9.63. The Balaban J connectivity index is 2.26. The van der Waals surface area contributed by atoms with Gasteiger partial charge in [0.2, 0.25) is 5.88 Å². The van der Waals surface area contributed by atoms with E-state index < -0.39 is 11.8 Å². The number of hydrogen-bond acceptors (Lipinski definition) is 5. The van der Waals surface area contributed by atoms with Crippen LogP contribution in [0.25, 0.3) is 0 Å². The molecule has 0 unspecified atom stereocenters. The van der Waals surface area contributed by atoms with E-state index in [1.165, 1.54) is 37.6 Å². The minimum atomic E-state index is -0.686. The van der Waals surface area contributed by atoms with Crippen molar-refractivity contribution in [3.63, 3.8) is 0 Å². The van der Waals surface area contributed by atoms with Gasteiger partial charge in [-0.25, -0.2) is 14.2 Å². The zero-order chi connectivity index (χ0) is 14.5. The number of aromatic nitrogens is 1. The van der Waals surface area contributed by atoms with Crippen molar-refractivity contribution in [2.45, 2.75) is 0 Å². The van der Waals surface area contributed by atoms with Crippen LogP contribution < -0.4 is 4.74 Å². The van der Waals surface area contributed by atoms with Gasteiger partial charge in [0.25, 0.3) is 0 Å². The second-order valence-electron chi connectivity index (χ2n) is 3.73. The zero-order valence-electron chi connectivity index (χ0n) is 10.5. The molecule has 0 aliphatic carbocycles. The summed E-state index contributed by atoms with van der Waals surface area (Å²) >= 11 is 0. The molecule has 1 heterocycles. The van der Waals surface area contributed by atoms with Gasteiger partial charge < -0.3 is 9.47 Å². The summed E-state index contributed by atoms with van der Waals surface area (Å²) in [5.41, 5.74) is 0.428. The number of nitrogens with zero attached hydrogens (tertiary/aromatic N) is 2. The molecule has 5 nitrogen and oxygen atoms in total. The maximum absolute atomic E-state index is 13.7. The Bertz CT molecular complexity index is 695. The molecule has 2 rings (SSSR count). The Kier molecular flexibility index (Phi) is 3.91. The summed E-state index contributed by atoms with van der Waals surface area (Å²) in [6.07, 6.45) is 1.35. The average Bonchev–Trinajstić information content (AvgIpc) is 2.48. The van der Waals surface area contributed by atoms with E-state index in [4.69, 9.17) is 10.00 Å². The number of hydrogen-bond donors (Lipinski definition) is 0. The first-order valence-electron chi connectivity index (χ1n) is 5.56. The van der Waals surface area contributed by atoms with Crippen molar-refractivity contribution in [2.24, 2.45) is 0 Å². The molecule has 0 saturated heterocycles. The van der Waals surface area contributed by atoms with Gasteiger partial charge in [-0.15, -0.1) is 0 Å². The van der Waals surface area contributed by atoms with Crippen LogP contribution in [0, 0.1) is 17.1 Å². The van der Waals surface area contributed by atoms with E-state index >= 15 is 0 Å². The standard InChI is InChI=1S/C14H9FN2O3/c1-19-14(18)10-4-5-17-13(7-10)20-12-3-2-9(8-16)6-11(12)15/h2-7H,1H3. The number of benzene rings is 1. The van der Waals surface area contributed by atoms with Gasteiger partial charge in [0.1, 0.15) is 0 Å². The lowest BCUT2D eigenvalue weighted by atomic mass is 10.2. The van der Waals surface area contributed by atoms with Crippen LogP contribution in [0.3, 0.4) is 0 Å². The van der Waals surface area contributed by atoms with Crippen molar-refractivity contribution in [2.75, 3.05) is 7.11 Å². The third kappa shape index (κ3) is 2.90. The maximum Gasteiger partial charge on any atom is 0.338 e. The lowest BCUT2D eigenvalue weighted by Gasteiger charge is -2.06. The van der Waals surface area contributed by atoms with Crippen molar-refractivity contribution in [3.05, 3.63) is 53.5 Å². The molecule has 0 aliphatic rings. The first-order valence-corrected chi connectivity index (χ1v) is 5.56. The molecule has 0 fully saturated rings. The first kappa shape index (κ1) is 13.5. The zero-order valence-corrected chi connectivity index (χ0v) is 10.5. The van der Waals surface area contributed by atoms with Crippen molar-refractivity contribution < 1.29 is 18.7 Å². The van der Waals surface area contributed by atoms with Crippen LogP contribution in [-0.4, -0.2) is 18.1 Å². The Morgan fingerprint density at radius 2 is 2.15 bits per heavy atom. The monoisotopic (exact) mass is 272 g/mol. The highest BCUT2D eigenvalue weighted by Crippen LogP contribution is 2.24. The number of halogens is 1. The number of carbonyl (C=O) groups is 1. The van der Waals surface area contributed by atoms with Gasteiger partial charge in [-0.1, -0.05) is 0 Å². The number of pyridine rings is 1. The number of nitriles is 1.